The van der Waals surface area contributed by atoms with Crippen LogP contribution in [0.1, 0.15) is 35.6 Å². The Morgan fingerprint density at radius 3 is 2.26 bits per heavy atom. The lowest BCUT2D eigenvalue weighted by Crippen LogP contribution is -2.42. The van der Waals surface area contributed by atoms with Gasteiger partial charge in [0.1, 0.15) is 28.9 Å². The van der Waals surface area contributed by atoms with Crippen LogP contribution in [0, 0.1) is 18.6 Å². The van der Waals surface area contributed by atoms with E-state index in [1.54, 1.807) is 29.7 Å². The van der Waals surface area contributed by atoms with Crippen LogP contribution in [0.4, 0.5) is 27.6 Å². The number of carbonyl (C=O) groups excluding carboxylic acids is 2. The van der Waals surface area contributed by atoms with Crippen molar-refractivity contribution in [3.8, 4) is 11.1 Å². The van der Waals surface area contributed by atoms with Gasteiger partial charge in [0.25, 0.3) is 11.5 Å². The number of nitrogens with zero attached hydrogens (tertiary/aromatic N) is 4. The molecule has 0 radical (unpaired) electrons. The maximum Gasteiger partial charge on any atom is 0.408 e. The van der Waals surface area contributed by atoms with Crippen molar-refractivity contribution in [1.29, 1.82) is 0 Å². The van der Waals surface area contributed by atoms with Gasteiger partial charge in [0.15, 0.2) is 5.78 Å². The lowest BCUT2D eigenvalue weighted by Gasteiger charge is -2.20. The number of nitrogens with one attached hydrogen (secondary N) is 2. The smallest absolute Gasteiger partial charge is 0.374 e. The predicted octanol–water partition coefficient (Wildman–Crippen LogP) is 3.28. The van der Waals surface area contributed by atoms with Gasteiger partial charge in [-0.1, -0.05) is 0 Å². The molecule has 0 aliphatic carbocycles. The lowest BCUT2D eigenvalue weighted by molar-refractivity contribution is -0.138. The number of hydrogen-bond acceptors (Lipinski definition) is 6. The third kappa shape index (κ3) is 5.92. The molecule has 0 aliphatic heterocycles. The van der Waals surface area contributed by atoms with Crippen molar-refractivity contribution in [2.24, 2.45) is 14.1 Å². The first-order valence-corrected chi connectivity index (χ1v) is 12.9. The van der Waals surface area contributed by atoms with E-state index < -0.39 is 64.1 Å². The van der Waals surface area contributed by atoms with Crippen molar-refractivity contribution in [2.45, 2.75) is 45.5 Å². The summed E-state index contributed by atoms with van der Waals surface area (Å²) >= 11 is 0. The van der Waals surface area contributed by atoms with Crippen LogP contribution in [-0.2, 0) is 25.3 Å². The van der Waals surface area contributed by atoms with Crippen molar-refractivity contribution in [1.82, 2.24) is 23.8 Å². The number of fused-ring (bicyclic) bond motifs is 1. The van der Waals surface area contributed by atoms with E-state index in [2.05, 4.69) is 10.3 Å². The summed E-state index contributed by atoms with van der Waals surface area (Å²) in [6.07, 6.45) is -1.82. The van der Waals surface area contributed by atoms with E-state index in [0.29, 0.717) is 34.7 Å². The van der Waals surface area contributed by atoms with Crippen LogP contribution in [0.25, 0.3) is 16.8 Å². The van der Waals surface area contributed by atoms with Gasteiger partial charge in [-0.05, 0) is 45.0 Å². The third-order valence-electron chi connectivity index (χ3n) is 7.21. The van der Waals surface area contributed by atoms with Crippen LogP contribution >= 0.6 is 0 Å². The van der Waals surface area contributed by atoms with E-state index in [4.69, 9.17) is 0 Å². The Morgan fingerprint density at radius 1 is 1.05 bits per heavy atom. The lowest BCUT2D eigenvalue weighted by atomic mass is 10.0. The highest BCUT2D eigenvalue weighted by Gasteiger charge is 2.36. The van der Waals surface area contributed by atoms with Crippen molar-refractivity contribution < 1.29 is 31.5 Å². The van der Waals surface area contributed by atoms with Crippen molar-refractivity contribution in [2.75, 3.05) is 5.32 Å². The standard InChI is InChI=1S/C28H27F5N6O4/c1-13-22(26(42)38(5)27(43)37(13)4)18-7-6-17(39-9-8-34-24(18)39)12-21(14(2)40)36-25(41)23-19(29)10-16(11-20(23)30)35-15(3)28(31,32)33/h6-11,15,21,35H,12H2,1-5H3,(H,36,41)/t15-,21+/m1/s1. The predicted molar refractivity (Wildman–Crippen MR) is 147 cm³/mol. The Bertz CT molecular complexity index is 1850. The molecule has 0 spiro atoms. The molecular formula is C28H27F5N6O4. The zero-order chi connectivity index (χ0) is 32.0. The molecule has 228 valence electrons. The molecule has 0 aliphatic rings. The number of carbonyl (C=O) groups is 2. The average molecular weight is 607 g/mol. The number of alkyl halides is 3. The van der Waals surface area contributed by atoms with Crippen LogP contribution in [-0.4, -0.2) is 48.5 Å². The highest BCUT2D eigenvalue weighted by molar-refractivity contribution is 5.98. The van der Waals surface area contributed by atoms with Crippen LogP contribution < -0.4 is 21.9 Å². The minimum atomic E-state index is -4.68. The molecule has 0 saturated carbocycles. The number of rotatable bonds is 8. The minimum absolute atomic E-state index is 0.148. The van der Waals surface area contributed by atoms with E-state index in [9.17, 15) is 41.1 Å². The van der Waals surface area contributed by atoms with Gasteiger partial charge in [-0.25, -0.2) is 18.6 Å². The number of pyridine rings is 1. The van der Waals surface area contributed by atoms with Crippen LogP contribution in [0.5, 0.6) is 0 Å². The molecule has 3 aromatic heterocycles. The highest BCUT2D eigenvalue weighted by atomic mass is 19.4. The van der Waals surface area contributed by atoms with Gasteiger partial charge >= 0.3 is 11.9 Å². The average Bonchev–Trinajstić information content (AvgIpc) is 3.41. The Balaban J connectivity index is 1.65. The van der Waals surface area contributed by atoms with Gasteiger partial charge in [-0.3, -0.25) is 19.0 Å². The number of halogens is 5. The Kier molecular flexibility index (Phi) is 8.29. The molecular weight excluding hydrogens is 579 g/mol. The summed E-state index contributed by atoms with van der Waals surface area (Å²) in [5, 5.41) is 4.23. The van der Waals surface area contributed by atoms with E-state index in [0.717, 1.165) is 11.5 Å². The number of amides is 1. The van der Waals surface area contributed by atoms with Crippen molar-refractivity contribution in [3.05, 3.63) is 86.1 Å². The van der Waals surface area contributed by atoms with Crippen molar-refractivity contribution in [3.63, 3.8) is 0 Å². The summed E-state index contributed by atoms with van der Waals surface area (Å²) in [5.74, 6) is -4.68. The van der Waals surface area contributed by atoms with Crippen molar-refractivity contribution >= 4 is 23.0 Å². The van der Waals surface area contributed by atoms with E-state index in [-0.39, 0.29) is 12.0 Å². The first-order valence-electron chi connectivity index (χ1n) is 12.9. The SMILES string of the molecule is CC(=O)[C@H](Cc1ccc(-c2c(C)n(C)c(=O)n(C)c2=O)c2nccn12)NC(=O)c1c(F)cc(N[C@H](C)C(F)(F)F)cc1F. The molecule has 2 atom stereocenters. The summed E-state index contributed by atoms with van der Waals surface area (Å²) in [6, 6.07) is 0.903. The Morgan fingerprint density at radius 2 is 1.67 bits per heavy atom. The molecule has 3 heterocycles. The molecule has 0 fully saturated rings. The zero-order valence-electron chi connectivity index (χ0n) is 23.6. The highest BCUT2D eigenvalue weighted by Crippen LogP contribution is 2.27. The molecule has 43 heavy (non-hydrogen) atoms. The molecule has 2 N–H and O–H groups in total. The fourth-order valence-electron chi connectivity index (χ4n) is 4.63. The largest absolute Gasteiger partial charge is 0.408 e. The minimum Gasteiger partial charge on any atom is -0.374 e. The molecule has 1 aromatic carbocycles. The fraction of sp³-hybridized carbons (Fsp3) is 0.321. The number of anilines is 1. The van der Waals surface area contributed by atoms with Gasteiger partial charge in [0.2, 0.25) is 0 Å². The number of benzene rings is 1. The summed E-state index contributed by atoms with van der Waals surface area (Å²) in [5.41, 5.74) is -0.831. The number of aromatic nitrogens is 4. The molecule has 10 nitrogen and oxygen atoms in total. The van der Waals surface area contributed by atoms with Crippen LogP contribution in [0.2, 0.25) is 0 Å². The molecule has 4 rings (SSSR count). The van der Waals surface area contributed by atoms with Gasteiger partial charge < -0.3 is 19.6 Å². The number of imidazole rings is 1. The van der Waals surface area contributed by atoms with E-state index in [1.165, 1.54) is 31.8 Å². The fourth-order valence-corrected chi connectivity index (χ4v) is 4.63. The van der Waals surface area contributed by atoms with Gasteiger partial charge in [0, 0.05) is 55.5 Å². The van der Waals surface area contributed by atoms with E-state index >= 15 is 0 Å². The number of Topliss-reactive ketones (excluding diaryl/α,β-unsaturated/α-hetero) is 1. The molecule has 0 bridgehead atoms. The summed E-state index contributed by atoms with van der Waals surface area (Å²) in [7, 11) is 2.88. The van der Waals surface area contributed by atoms with E-state index in [1.807, 2.05) is 5.32 Å². The second-order valence-corrected chi connectivity index (χ2v) is 10.1. The quantitative estimate of drug-likeness (QED) is 0.297. The first kappa shape index (κ1) is 31.1. The molecule has 1 amide bonds. The van der Waals surface area contributed by atoms with Gasteiger partial charge in [0.05, 0.1) is 11.6 Å². The molecule has 4 aromatic rings. The molecule has 0 saturated heterocycles. The normalized spacial score (nSPS) is 13.2. The summed E-state index contributed by atoms with van der Waals surface area (Å²) < 4.78 is 71.8. The number of ketones is 1. The Hall–Kier alpha value is -4.82. The second-order valence-electron chi connectivity index (χ2n) is 10.1. The zero-order valence-corrected chi connectivity index (χ0v) is 23.6. The Labute approximate surface area is 240 Å². The van der Waals surface area contributed by atoms with Crippen LogP contribution in [0.3, 0.4) is 0 Å². The monoisotopic (exact) mass is 606 g/mol. The summed E-state index contributed by atoms with van der Waals surface area (Å²) in [4.78, 5) is 55.0. The molecule has 15 heteroatoms. The number of hydrogen-bond donors (Lipinski definition) is 2. The van der Waals surface area contributed by atoms with Crippen LogP contribution in [0.15, 0.2) is 46.2 Å². The molecule has 0 unspecified atom stereocenters. The first-order chi connectivity index (χ1) is 20.0. The second kappa shape index (κ2) is 11.5. The van der Waals surface area contributed by atoms with Gasteiger partial charge in [-0.2, -0.15) is 13.2 Å². The third-order valence-corrected chi connectivity index (χ3v) is 7.21. The summed E-state index contributed by atoms with van der Waals surface area (Å²) in [6.45, 7) is 3.55. The topological polar surface area (TPSA) is 120 Å². The maximum atomic E-state index is 14.7. The maximum absolute atomic E-state index is 14.7. The van der Waals surface area contributed by atoms with Gasteiger partial charge in [-0.15, -0.1) is 0 Å².